The number of aliphatic hydroxyl groups excluding tert-OH is 1. The van der Waals surface area contributed by atoms with Gasteiger partial charge >= 0.3 is 0 Å². The molecule has 0 bridgehead atoms. The van der Waals surface area contributed by atoms with E-state index in [4.69, 9.17) is 4.42 Å². The van der Waals surface area contributed by atoms with Crippen LogP contribution in [-0.4, -0.2) is 34.7 Å². The number of oxazole rings is 1. The molecule has 21 heavy (non-hydrogen) atoms. The van der Waals surface area contributed by atoms with E-state index in [1.165, 1.54) is 0 Å². The summed E-state index contributed by atoms with van der Waals surface area (Å²) in [6.45, 7) is 1.08. The second-order valence-electron chi connectivity index (χ2n) is 5.87. The van der Waals surface area contributed by atoms with Crippen molar-refractivity contribution < 1.29 is 9.52 Å². The van der Waals surface area contributed by atoms with Crippen molar-refractivity contribution in [3.63, 3.8) is 0 Å². The van der Waals surface area contributed by atoms with Crippen molar-refractivity contribution in [2.24, 2.45) is 5.92 Å². The zero-order valence-electron chi connectivity index (χ0n) is 12.4. The van der Waals surface area contributed by atoms with E-state index in [1.54, 1.807) is 11.3 Å². The van der Waals surface area contributed by atoms with E-state index in [9.17, 15) is 5.11 Å². The zero-order chi connectivity index (χ0) is 14.7. The van der Waals surface area contributed by atoms with Crippen molar-refractivity contribution >= 4 is 11.3 Å². The van der Waals surface area contributed by atoms with Crippen LogP contribution >= 0.6 is 11.3 Å². The third-order valence-corrected chi connectivity index (χ3v) is 5.28. The molecule has 0 saturated heterocycles. The minimum atomic E-state index is 0.334. The molecule has 0 atom stereocenters. The summed E-state index contributed by atoms with van der Waals surface area (Å²) in [5.74, 6) is 2.14. The molecule has 5 heteroatoms. The van der Waals surface area contributed by atoms with Crippen LogP contribution in [0.25, 0.3) is 10.6 Å². The van der Waals surface area contributed by atoms with Gasteiger partial charge in [0.25, 0.3) is 0 Å². The van der Waals surface area contributed by atoms with Crippen molar-refractivity contribution in [2.45, 2.75) is 38.3 Å². The van der Waals surface area contributed by atoms with Gasteiger partial charge in [0.05, 0.1) is 17.6 Å². The van der Waals surface area contributed by atoms with E-state index in [1.807, 2.05) is 17.6 Å². The molecule has 1 aliphatic rings. The number of rotatable bonds is 5. The fourth-order valence-electron chi connectivity index (χ4n) is 3.03. The lowest BCUT2D eigenvalue weighted by atomic mass is 9.86. The van der Waals surface area contributed by atoms with E-state index in [-0.39, 0.29) is 0 Å². The first-order valence-electron chi connectivity index (χ1n) is 7.56. The predicted octanol–water partition coefficient (Wildman–Crippen LogP) is 3.39. The van der Waals surface area contributed by atoms with E-state index in [0.717, 1.165) is 48.8 Å². The Morgan fingerprint density at radius 3 is 2.86 bits per heavy atom. The third-order valence-electron chi connectivity index (χ3n) is 4.40. The summed E-state index contributed by atoms with van der Waals surface area (Å²) in [4.78, 5) is 7.85. The summed E-state index contributed by atoms with van der Waals surface area (Å²) in [6.07, 6.45) is 6.37. The van der Waals surface area contributed by atoms with E-state index < -0.39 is 0 Å². The smallest absolute Gasteiger partial charge is 0.209 e. The van der Waals surface area contributed by atoms with E-state index >= 15 is 0 Å². The van der Waals surface area contributed by atoms with Crippen LogP contribution in [0.5, 0.6) is 0 Å². The highest BCUT2D eigenvalue weighted by molar-refractivity contribution is 7.13. The van der Waals surface area contributed by atoms with Gasteiger partial charge < -0.3 is 9.52 Å². The molecule has 0 aromatic carbocycles. The summed E-state index contributed by atoms with van der Waals surface area (Å²) in [6, 6.07) is 4.65. The number of hydrogen-bond acceptors (Lipinski definition) is 5. The fraction of sp³-hybridized carbons (Fsp3) is 0.562. The minimum absolute atomic E-state index is 0.334. The molecular formula is C16H22N2O2S. The number of aromatic nitrogens is 1. The van der Waals surface area contributed by atoms with Crippen molar-refractivity contribution in [1.82, 2.24) is 9.88 Å². The second-order valence-corrected chi connectivity index (χ2v) is 6.82. The molecule has 0 radical (unpaired) electrons. The van der Waals surface area contributed by atoms with Crippen LogP contribution in [0.2, 0.25) is 0 Å². The fourth-order valence-corrected chi connectivity index (χ4v) is 3.70. The molecule has 3 rings (SSSR count). The predicted molar refractivity (Wildman–Crippen MR) is 84.1 cm³/mol. The van der Waals surface area contributed by atoms with E-state index in [2.05, 4.69) is 23.0 Å². The lowest BCUT2D eigenvalue weighted by Crippen LogP contribution is -2.35. The zero-order valence-corrected chi connectivity index (χ0v) is 13.2. The normalized spacial score (nSPS) is 22.8. The van der Waals surface area contributed by atoms with Crippen LogP contribution in [0, 0.1) is 5.92 Å². The molecule has 0 spiro atoms. The average molecular weight is 306 g/mol. The quantitative estimate of drug-likeness (QED) is 0.920. The van der Waals surface area contributed by atoms with Crippen molar-refractivity contribution in [3.05, 3.63) is 29.6 Å². The van der Waals surface area contributed by atoms with Gasteiger partial charge in [-0.1, -0.05) is 6.07 Å². The number of nitrogens with zero attached hydrogens (tertiary/aromatic N) is 2. The lowest BCUT2D eigenvalue weighted by molar-refractivity contribution is 0.118. The molecule has 0 aliphatic heterocycles. The SMILES string of the molecule is CN(Cc1ncc(-c2cccs2)o1)C1CCC(CO)CC1. The number of aliphatic hydroxyl groups is 1. The van der Waals surface area contributed by atoms with Crippen LogP contribution in [0.1, 0.15) is 31.6 Å². The Morgan fingerprint density at radius 1 is 1.38 bits per heavy atom. The summed E-state index contributed by atoms with van der Waals surface area (Å²) in [5, 5.41) is 11.3. The molecule has 0 amide bonds. The first-order valence-corrected chi connectivity index (χ1v) is 8.44. The number of thiophene rings is 1. The molecular weight excluding hydrogens is 284 g/mol. The van der Waals surface area contributed by atoms with Gasteiger partial charge in [-0.05, 0) is 50.1 Å². The van der Waals surface area contributed by atoms with Crippen LogP contribution in [0.15, 0.2) is 28.1 Å². The maximum absolute atomic E-state index is 9.21. The molecule has 0 unspecified atom stereocenters. The van der Waals surface area contributed by atoms with Crippen molar-refractivity contribution in [2.75, 3.05) is 13.7 Å². The molecule has 4 nitrogen and oxygen atoms in total. The highest BCUT2D eigenvalue weighted by Gasteiger charge is 2.24. The maximum atomic E-state index is 9.21. The summed E-state index contributed by atoms with van der Waals surface area (Å²) < 4.78 is 5.85. The summed E-state index contributed by atoms with van der Waals surface area (Å²) >= 11 is 1.67. The molecule has 1 N–H and O–H groups in total. The van der Waals surface area contributed by atoms with Gasteiger partial charge in [0, 0.05) is 12.6 Å². The Labute approximate surface area is 129 Å². The summed E-state index contributed by atoms with van der Waals surface area (Å²) in [7, 11) is 2.14. The van der Waals surface area contributed by atoms with Gasteiger partial charge in [-0.3, -0.25) is 4.90 Å². The molecule has 1 saturated carbocycles. The Morgan fingerprint density at radius 2 is 2.19 bits per heavy atom. The number of hydrogen-bond donors (Lipinski definition) is 1. The van der Waals surface area contributed by atoms with Crippen molar-refractivity contribution in [3.8, 4) is 10.6 Å². The molecule has 2 aromatic rings. The van der Waals surface area contributed by atoms with Gasteiger partial charge in [0.2, 0.25) is 5.89 Å². The minimum Gasteiger partial charge on any atom is -0.438 e. The van der Waals surface area contributed by atoms with Gasteiger partial charge in [-0.15, -0.1) is 11.3 Å². The highest BCUT2D eigenvalue weighted by Crippen LogP contribution is 2.29. The van der Waals surface area contributed by atoms with Crippen LogP contribution in [0.3, 0.4) is 0 Å². The topological polar surface area (TPSA) is 49.5 Å². The standard InChI is InChI=1S/C16H22N2O2S/c1-18(13-6-4-12(11-19)5-7-13)10-16-17-9-14(20-16)15-3-2-8-21-15/h2-3,8-9,12-13,19H,4-7,10-11H2,1H3. The van der Waals surface area contributed by atoms with Gasteiger partial charge in [-0.2, -0.15) is 0 Å². The van der Waals surface area contributed by atoms with Crippen molar-refractivity contribution in [1.29, 1.82) is 0 Å². The monoisotopic (exact) mass is 306 g/mol. The Kier molecular flexibility index (Phi) is 4.73. The van der Waals surface area contributed by atoms with Crippen LogP contribution < -0.4 is 0 Å². The van der Waals surface area contributed by atoms with Crippen LogP contribution in [-0.2, 0) is 6.54 Å². The second kappa shape index (κ2) is 6.73. The Bertz CT molecular complexity index is 544. The molecule has 1 aliphatic carbocycles. The third kappa shape index (κ3) is 3.54. The van der Waals surface area contributed by atoms with Gasteiger partial charge in [0.1, 0.15) is 0 Å². The highest BCUT2D eigenvalue weighted by atomic mass is 32.1. The van der Waals surface area contributed by atoms with Gasteiger partial charge in [0.15, 0.2) is 5.76 Å². The molecule has 1 fully saturated rings. The van der Waals surface area contributed by atoms with Crippen LogP contribution in [0.4, 0.5) is 0 Å². The lowest BCUT2D eigenvalue weighted by Gasteiger charge is -2.33. The first kappa shape index (κ1) is 14.8. The Balaban J connectivity index is 1.57. The molecule has 114 valence electrons. The van der Waals surface area contributed by atoms with E-state index in [0.29, 0.717) is 18.6 Å². The maximum Gasteiger partial charge on any atom is 0.209 e. The Hall–Kier alpha value is -1.17. The van der Waals surface area contributed by atoms with Gasteiger partial charge in [-0.25, -0.2) is 4.98 Å². The molecule has 2 heterocycles. The largest absolute Gasteiger partial charge is 0.438 e. The molecule has 2 aromatic heterocycles. The first-order chi connectivity index (χ1) is 10.3. The average Bonchev–Trinajstić information content (AvgIpc) is 3.18. The summed E-state index contributed by atoms with van der Waals surface area (Å²) in [5.41, 5.74) is 0.